The normalized spacial score (nSPS) is 17.1. The van der Waals surface area contributed by atoms with E-state index in [1.54, 1.807) is 6.07 Å². The van der Waals surface area contributed by atoms with Gasteiger partial charge in [-0.25, -0.2) is 0 Å². The third-order valence-corrected chi connectivity index (χ3v) is 4.82. The molecule has 0 saturated heterocycles. The maximum Gasteiger partial charge on any atom is 0.101 e. The Bertz CT molecular complexity index is 678. The first-order valence-corrected chi connectivity index (χ1v) is 7.82. The SMILES string of the molecule is N#Cc1ccc(NC2CCSc3ccccc32)cc1Cl. The highest BCUT2D eigenvalue weighted by Gasteiger charge is 2.20. The Labute approximate surface area is 127 Å². The largest absolute Gasteiger partial charge is 0.378 e. The van der Waals surface area contributed by atoms with Gasteiger partial charge in [-0.2, -0.15) is 5.26 Å². The Morgan fingerprint density at radius 3 is 2.90 bits per heavy atom. The summed E-state index contributed by atoms with van der Waals surface area (Å²) >= 11 is 7.98. The van der Waals surface area contributed by atoms with E-state index in [4.69, 9.17) is 16.9 Å². The first kappa shape index (κ1) is 13.4. The van der Waals surface area contributed by atoms with Gasteiger partial charge in [-0.15, -0.1) is 11.8 Å². The molecule has 0 saturated carbocycles. The van der Waals surface area contributed by atoms with Gasteiger partial charge in [0.25, 0.3) is 0 Å². The van der Waals surface area contributed by atoms with Crippen molar-refractivity contribution in [3.8, 4) is 6.07 Å². The van der Waals surface area contributed by atoms with E-state index in [9.17, 15) is 0 Å². The molecule has 1 N–H and O–H groups in total. The van der Waals surface area contributed by atoms with Gasteiger partial charge in [0.2, 0.25) is 0 Å². The lowest BCUT2D eigenvalue weighted by molar-refractivity contribution is 0.728. The average Bonchev–Trinajstić information content (AvgIpc) is 2.48. The van der Waals surface area contributed by atoms with E-state index in [1.165, 1.54) is 10.5 Å². The Morgan fingerprint density at radius 2 is 2.10 bits per heavy atom. The van der Waals surface area contributed by atoms with Crippen molar-refractivity contribution in [1.82, 2.24) is 0 Å². The molecule has 1 atom stereocenters. The lowest BCUT2D eigenvalue weighted by Gasteiger charge is -2.26. The third kappa shape index (κ3) is 2.63. The highest BCUT2D eigenvalue weighted by atomic mass is 35.5. The van der Waals surface area contributed by atoms with Crippen molar-refractivity contribution in [2.24, 2.45) is 0 Å². The molecule has 0 amide bonds. The van der Waals surface area contributed by atoms with Crippen molar-refractivity contribution in [2.45, 2.75) is 17.4 Å². The number of benzene rings is 2. The van der Waals surface area contributed by atoms with E-state index >= 15 is 0 Å². The summed E-state index contributed by atoms with van der Waals surface area (Å²) in [7, 11) is 0. The maximum atomic E-state index is 8.90. The minimum absolute atomic E-state index is 0.302. The number of anilines is 1. The molecule has 0 spiro atoms. The molecular formula is C16H13ClN2S. The number of halogens is 1. The topological polar surface area (TPSA) is 35.8 Å². The summed E-state index contributed by atoms with van der Waals surface area (Å²) < 4.78 is 0. The summed E-state index contributed by atoms with van der Waals surface area (Å²) in [5.41, 5.74) is 2.81. The van der Waals surface area contributed by atoms with E-state index < -0.39 is 0 Å². The molecule has 1 heterocycles. The van der Waals surface area contributed by atoms with E-state index in [0.717, 1.165) is 17.9 Å². The number of hydrogen-bond acceptors (Lipinski definition) is 3. The number of hydrogen-bond donors (Lipinski definition) is 1. The van der Waals surface area contributed by atoms with Crippen molar-refractivity contribution in [3.05, 3.63) is 58.6 Å². The van der Waals surface area contributed by atoms with Crippen LogP contribution in [0, 0.1) is 11.3 Å². The van der Waals surface area contributed by atoms with Crippen LogP contribution in [0.15, 0.2) is 47.4 Å². The van der Waals surface area contributed by atoms with Crippen LogP contribution >= 0.6 is 23.4 Å². The second-order valence-electron chi connectivity index (χ2n) is 4.68. The van der Waals surface area contributed by atoms with Crippen molar-refractivity contribution in [1.29, 1.82) is 5.26 Å². The molecule has 1 aliphatic heterocycles. The molecule has 0 bridgehead atoms. The molecule has 1 aliphatic rings. The molecule has 0 radical (unpaired) electrons. The van der Waals surface area contributed by atoms with Gasteiger partial charge in [-0.05, 0) is 36.2 Å². The van der Waals surface area contributed by atoms with Gasteiger partial charge in [0, 0.05) is 16.3 Å². The van der Waals surface area contributed by atoms with Gasteiger partial charge < -0.3 is 5.32 Å². The first-order valence-electron chi connectivity index (χ1n) is 6.46. The number of thioether (sulfide) groups is 1. The van der Waals surface area contributed by atoms with E-state index in [0.29, 0.717) is 16.6 Å². The van der Waals surface area contributed by atoms with Crippen molar-refractivity contribution >= 4 is 29.1 Å². The lowest BCUT2D eigenvalue weighted by atomic mass is 10.0. The third-order valence-electron chi connectivity index (χ3n) is 3.39. The predicted octanol–water partition coefficient (Wildman–Crippen LogP) is 4.86. The van der Waals surface area contributed by atoms with Crippen LogP contribution in [0.25, 0.3) is 0 Å². The van der Waals surface area contributed by atoms with Gasteiger partial charge in [-0.3, -0.25) is 0 Å². The summed E-state index contributed by atoms with van der Waals surface area (Å²) in [5, 5.41) is 12.9. The molecule has 0 fully saturated rings. The average molecular weight is 301 g/mol. The van der Waals surface area contributed by atoms with Crippen LogP contribution in [0.2, 0.25) is 5.02 Å². The first-order chi connectivity index (χ1) is 9.78. The Hall–Kier alpha value is -1.63. The van der Waals surface area contributed by atoms with Crippen LogP contribution in [0.5, 0.6) is 0 Å². The second kappa shape index (κ2) is 5.78. The molecule has 2 nitrogen and oxygen atoms in total. The number of nitrogens with zero attached hydrogens (tertiary/aromatic N) is 1. The minimum Gasteiger partial charge on any atom is -0.378 e. The highest BCUT2D eigenvalue weighted by Crippen LogP contribution is 2.38. The maximum absolute atomic E-state index is 8.90. The molecule has 100 valence electrons. The molecule has 0 aromatic heterocycles. The van der Waals surface area contributed by atoms with E-state index in [2.05, 4.69) is 35.7 Å². The summed E-state index contributed by atoms with van der Waals surface area (Å²) in [5.74, 6) is 1.11. The number of nitrogens with one attached hydrogen (secondary N) is 1. The lowest BCUT2D eigenvalue weighted by Crippen LogP contribution is -2.15. The van der Waals surface area contributed by atoms with Crippen LogP contribution < -0.4 is 5.32 Å². The zero-order valence-electron chi connectivity index (χ0n) is 10.8. The molecule has 2 aromatic rings. The zero-order valence-corrected chi connectivity index (χ0v) is 12.3. The molecule has 1 unspecified atom stereocenters. The fourth-order valence-electron chi connectivity index (χ4n) is 2.39. The summed E-state index contributed by atoms with van der Waals surface area (Å²) in [6.45, 7) is 0. The standard InChI is InChI=1S/C16H13ClN2S/c17-14-9-12(6-5-11(14)10-18)19-15-7-8-20-16-4-2-1-3-13(15)16/h1-6,9,15,19H,7-8H2. The molecule has 2 aromatic carbocycles. The molecule has 3 rings (SSSR count). The molecular weight excluding hydrogens is 288 g/mol. The van der Waals surface area contributed by atoms with Crippen LogP contribution in [0.4, 0.5) is 5.69 Å². The quantitative estimate of drug-likeness (QED) is 0.860. The summed E-state index contributed by atoms with van der Waals surface area (Å²) in [6.07, 6.45) is 1.08. The smallest absolute Gasteiger partial charge is 0.101 e. The van der Waals surface area contributed by atoms with Crippen LogP contribution in [0.1, 0.15) is 23.6 Å². The van der Waals surface area contributed by atoms with Crippen molar-refractivity contribution < 1.29 is 0 Å². The second-order valence-corrected chi connectivity index (χ2v) is 6.22. The number of nitriles is 1. The molecule has 20 heavy (non-hydrogen) atoms. The van der Waals surface area contributed by atoms with Crippen LogP contribution in [-0.4, -0.2) is 5.75 Å². The zero-order chi connectivity index (χ0) is 13.9. The fourth-order valence-corrected chi connectivity index (χ4v) is 3.74. The Morgan fingerprint density at radius 1 is 1.25 bits per heavy atom. The Kier molecular flexibility index (Phi) is 3.86. The highest BCUT2D eigenvalue weighted by molar-refractivity contribution is 7.99. The predicted molar refractivity (Wildman–Crippen MR) is 84.3 cm³/mol. The van der Waals surface area contributed by atoms with Gasteiger partial charge in [-0.1, -0.05) is 29.8 Å². The minimum atomic E-state index is 0.302. The summed E-state index contributed by atoms with van der Waals surface area (Å²) in [6, 6.07) is 16.4. The number of fused-ring (bicyclic) bond motifs is 1. The van der Waals surface area contributed by atoms with Gasteiger partial charge >= 0.3 is 0 Å². The fraction of sp³-hybridized carbons (Fsp3) is 0.188. The Balaban J connectivity index is 1.86. The van der Waals surface area contributed by atoms with Gasteiger partial charge in [0.1, 0.15) is 6.07 Å². The van der Waals surface area contributed by atoms with E-state index in [1.807, 2.05) is 23.9 Å². The molecule has 0 aliphatic carbocycles. The van der Waals surface area contributed by atoms with Gasteiger partial charge in [0.05, 0.1) is 16.6 Å². The van der Waals surface area contributed by atoms with Gasteiger partial charge in [0.15, 0.2) is 0 Å². The monoisotopic (exact) mass is 300 g/mol. The summed E-state index contributed by atoms with van der Waals surface area (Å²) in [4.78, 5) is 1.34. The van der Waals surface area contributed by atoms with Crippen molar-refractivity contribution in [2.75, 3.05) is 11.1 Å². The van der Waals surface area contributed by atoms with Crippen LogP contribution in [-0.2, 0) is 0 Å². The number of rotatable bonds is 2. The van der Waals surface area contributed by atoms with Crippen molar-refractivity contribution in [3.63, 3.8) is 0 Å². The van der Waals surface area contributed by atoms with E-state index in [-0.39, 0.29) is 0 Å². The van der Waals surface area contributed by atoms with Crippen LogP contribution in [0.3, 0.4) is 0 Å². The molecule has 4 heteroatoms.